The first-order chi connectivity index (χ1) is 10.9. The highest BCUT2D eigenvalue weighted by atomic mass is 79.9. The van der Waals surface area contributed by atoms with Gasteiger partial charge in [-0.1, -0.05) is 70.5 Å². The van der Waals surface area contributed by atoms with E-state index in [1.54, 1.807) is 24.3 Å². The smallest absolute Gasteiger partial charge is 0.270 e. The predicted molar refractivity (Wildman–Crippen MR) is 90.4 cm³/mol. The van der Waals surface area contributed by atoms with Crippen molar-refractivity contribution >= 4 is 15.9 Å². The molecule has 1 nitrogen and oxygen atoms in total. The number of allylic oxidation sites excluding steroid dienone is 2. The fourth-order valence-electron chi connectivity index (χ4n) is 2.76. The molecule has 0 amide bonds. The number of halogens is 3. The summed E-state index contributed by atoms with van der Waals surface area (Å²) >= 11 is 3.40. The van der Waals surface area contributed by atoms with E-state index in [-0.39, 0.29) is 0 Å². The van der Waals surface area contributed by atoms with Crippen LogP contribution in [0.25, 0.3) is 0 Å². The summed E-state index contributed by atoms with van der Waals surface area (Å²) in [7, 11) is 0. The third kappa shape index (κ3) is 3.14. The minimum Gasteiger partial charge on any atom is -0.376 e. The van der Waals surface area contributed by atoms with Gasteiger partial charge >= 0.3 is 0 Å². The highest BCUT2D eigenvalue weighted by molar-refractivity contribution is 9.10. The van der Waals surface area contributed by atoms with Crippen LogP contribution in [0.2, 0.25) is 0 Å². The molecule has 1 aliphatic rings. The topological polar surface area (TPSA) is 20.2 Å². The normalized spacial score (nSPS) is 19.0. The van der Waals surface area contributed by atoms with Gasteiger partial charge in [-0.05, 0) is 34.9 Å². The first-order valence-corrected chi connectivity index (χ1v) is 8.03. The molecule has 4 heteroatoms. The Labute approximate surface area is 142 Å². The van der Waals surface area contributed by atoms with Crippen molar-refractivity contribution in [2.24, 2.45) is 0 Å². The SMILES string of the molecule is O[C@@](C1=CCC(F)(F)C=C1)(c1ccccc1)c1cccc(Br)c1. The zero-order valence-corrected chi connectivity index (χ0v) is 13.8. The minimum atomic E-state index is -2.86. The van der Waals surface area contributed by atoms with E-state index in [0.717, 1.165) is 10.5 Å². The third-order valence-corrected chi connectivity index (χ3v) is 4.45. The highest BCUT2D eigenvalue weighted by Gasteiger charge is 2.38. The average molecular weight is 377 g/mol. The Morgan fingerprint density at radius 2 is 1.70 bits per heavy atom. The second kappa shape index (κ2) is 6.02. The Hall–Kier alpha value is -1.78. The monoisotopic (exact) mass is 376 g/mol. The van der Waals surface area contributed by atoms with E-state index >= 15 is 0 Å². The van der Waals surface area contributed by atoms with Crippen LogP contribution in [0, 0.1) is 0 Å². The van der Waals surface area contributed by atoms with Crippen molar-refractivity contribution in [3.63, 3.8) is 0 Å². The van der Waals surface area contributed by atoms with Gasteiger partial charge in [0, 0.05) is 10.9 Å². The van der Waals surface area contributed by atoms with Crippen molar-refractivity contribution in [1.29, 1.82) is 0 Å². The van der Waals surface area contributed by atoms with Gasteiger partial charge in [-0.15, -0.1) is 0 Å². The van der Waals surface area contributed by atoms with Gasteiger partial charge in [0.05, 0.1) is 0 Å². The molecular formula is C19H15BrF2O. The van der Waals surface area contributed by atoms with Crippen LogP contribution in [0.15, 0.2) is 82.9 Å². The molecule has 3 rings (SSSR count). The maximum absolute atomic E-state index is 13.4. The van der Waals surface area contributed by atoms with Crippen LogP contribution < -0.4 is 0 Å². The van der Waals surface area contributed by atoms with Gasteiger partial charge in [0.15, 0.2) is 0 Å². The molecular weight excluding hydrogens is 362 g/mol. The molecule has 1 N–H and O–H groups in total. The average Bonchev–Trinajstić information content (AvgIpc) is 2.55. The van der Waals surface area contributed by atoms with Gasteiger partial charge in [-0.2, -0.15) is 0 Å². The molecule has 1 atom stereocenters. The van der Waals surface area contributed by atoms with E-state index in [1.807, 2.05) is 30.3 Å². The summed E-state index contributed by atoms with van der Waals surface area (Å²) in [6.07, 6.45) is 3.17. The minimum absolute atomic E-state index is 0.415. The summed E-state index contributed by atoms with van der Waals surface area (Å²) in [6.45, 7) is 0. The van der Waals surface area contributed by atoms with Gasteiger partial charge < -0.3 is 5.11 Å². The summed E-state index contributed by atoms with van der Waals surface area (Å²) in [5.41, 5.74) is 0.240. The van der Waals surface area contributed by atoms with Crippen LogP contribution in [-0.4, -0.2) is 11.0 Å². The summed E-state index contributed by atoms with van der Waals surface area (Å²) in [5.74, 6) is -2.86. The molecule has 0 saturated heterocycles. The standard InChI is InChI=1S/C19H15BrF2O/c20-17-8-4-7-16(13-17)19(23,14-5-2-1-3-6-14)15-9-11-18(21,22)12-10-15/h1-11,13,23H,12H2/t19-/m1/s1. The quantitative estimate of drug-likeness (QED) is 0.779. The third-order valence-electron chi connectivity index (χ3n) is 3.95. The van der Waals surface area contributed by atoms with E-state index in [1.165, 1.54) is 12.2 Å². The summed E-state index contributed by atoms with van der Waals surface area (Å²) in [6, 6.07) is 16.3. The van der Waals surface area contributed by atoms with Crippen molar-refractivity contribution in [3.8, 4) is 0 Å². The van der Waals surface area contributed by atoms with Crippen LogP contribution in [0.5, 0.6) is 0 Å². The van der Waals surface area contributed by atoms with E-state index < -0.39 is 17.9 Å². The number of hydrogen-bond donors (Lipinski definition) is 1. The zero-order valence-electron chi connectivity index (χ0n) is 12.2. The first kappa shape index (κ1) is 16.1. The lowest BCUT2D eigenvalue weighted by molar-refractivity contribution is 0.0540. The van der Waals surface area contributed by atoms with Crippen molar-refractivity contribution in [3.05, 3.63) is 94.0 Å². The van der Waals surface area contributed by atoms with Crippen molar-refractivity contribution in [2.45, 2.75) is 17.9 Å². The van der Waals surface area contributed by atoms with Gasteiger partial charge in [0.25, 0.3) is 5.92 Å². The number of benzene rings is 2. The molecule has 0 unspecified atom stereocenters. The van der Waals surface area contributed by atoms with E-state index in [4.69, 9.17) is 0 Å². The molecule has 2 aromatic rings. The van der Waals surface area contributed by atoms with E-state index in [9.17, 15) is 13.9 Å². The summed E-state index contributed by atoms with van der Waals surface area (Å²) in [5, 5.41) is 11.5. The second-order valence-electron chi connectivity index (χ2n) is 5.54. The number of alkyl halides is 2. The number of hydrogen-bond acceptors (Lipinski definition) is 1. The maximum atomic E-state index is 13.4. The van der Waals surface area contributed by atoms with Gasteiger partial charge in [-0.3, -0.25) is 0 Å². The highest BCUT2D eigenvalue weighted by Crippen LogP contribution is 2.41. The van der Waals surface area contributed by atoms with Crippen molar-refractivity contribution in [1.82, 2.24) is 0 Å². The molecule has 0 aliphatic heterocycles. The Bertz CT molecular complexity index is 768. The second-order valence-corrected chi connectivity index (χ2v) is 6.46. The molecule has 23 heavy (non-hydrogen) atoms. The Morgan fingerprint density at radius 1 is 1.00 bits per heavy atom. The van der Waals surface area contributed by atoms with Crippen molar-refractivity contribution in [2.75, 3.05) is 0 Å². The lowest BCUT2D eigenvalue weighted by Gasteiger charge is -2.33. The Balaban J connectivity index is 2.16. The van der Waals surface area contributed by atoms with E-state index in [0.29, 0.717) is 16.7 Å². The maximum Gasteiger partial charge on any atom is 0.270 e. The van der Waals surface area contributed by atoms with Gasteiger partial charge in [0.1, 0.15) is 5.60 Å². The fourth-order valence-corrected chi connectivity index (χ4v) is 3.15. The molecule has 0 radical (unpaired) electrons. The number of rotatable bonds is 3. The zero-order chi connectivity index (χ0) is 16.5. The van der Waals surface area contributed by atoms with Crippen LogP contribution >= 0.6 is 15.9 Å². The van der Waals surface area contributed by atoms with Crippen molar-refractivity contribution < 1.29 is 13.9 Å². The summed E-state index contributed by atoms with van der Waals surface area (Å²) < 4.78 is 27.6. The number of aliphatic hydroxyl groups is 1. The molecule has 118 valence electrons. The largest absolute Gasteiger partial charge is 0.376 e. The molecule has 0 heterocycles. The molecule has 0 fully saturated rings. The van der Waals surface area contributed by atoms with Crippen LogP contribution in [0.4, 0.5) is 8.78 Å². The lowest BCUT2D eigenvalue weighted by Crippen LogP contribution is -2.31. The molecule has 0 spiro atoms. The predicted octanol–water partition coefficient (Wildman–Crippen LogP) is 5.21. The Kier molecular flexibility index (Phi) is 4.21. The van der Waals surface area contributed by atoms with Crippen LogP contribution in [-0.2, 0) is 5.60 Å². The molecule has 1 aliphatic carbocycles. The molecule has 0 saturated carbocycles. The van der Waals surface area contributed by atoms with Crippen LogP contribution in [0.1, 0.15) is 17.5 Å². The fraction of sp³-hybridized carbons (Fsp3) is 0.158. The van der Waals surface area contributed by atoms with E-state index in [2.05, 4.69) is 15.9 Å². The van der Waals surface area contributed by atoms with Gasteiger partial charge in [-0.25, -0.2) is 8.78 Å². The molecule has 2 aromatic carbocycles. The van der Waals surface area contributed by atoms with Crippen LogP contribution in [0.3, 0.4) is 0 Å². The molecule has 0 aromatic heterocycles. The first-order valence-electron chi connectivity index (χ1n) is 7.23. The van der Waals surface area contributed by atoms with Gasteiger partial charge in [0.2, 0.25) is 0 Å². The Morgan fingerprint density at radius 3 is 2.30 bits per heavy atom. The summed E-state index contributed by atoms with van der Waals surface area (Å²) in [4.78, 5) is 0. The lowest BCUT2D eigenvalue weighted by atomic mass is 9.78. The molecule has 0 bridgehead atoms.